The first-order valence-corrected chi connectivity index (χ1v) is 8.08. The fraction of sp³-hybridized carbons (Fsp3) is 0.467. The van der Waals surface area contributed by atoms with Crippen molar-refractivity contribution in [2.24, 2.45) is 0 Å². The van der Waals surface area contributed by atoms with E-state index < -0.39 is 23.2 Å². The molecular weight excluding hydrogens is 382 g/mol. The predicted molar refractivity (Wildman–Crippen MR) is 90.0 cm³/mol. The maximum atomic E-state index is 12.5. The summed E-state index contributed by atoms with van der Waals surface area (Å²) in [6, 6.07) is 0. The zero-order valence-electron chi connectivity index (χ0n) is 13.8. The van der Waals surface area contributed by atoms with Crippen LogP contribution in [0.25, 0.3) is 11.0 Å². The number of rotatable bonds is 3. The molecule has 0 fully saturated rings. The molecule has 0 N–H and O–H groups in total. The zero-order valence-corrected chi connectivity index (χ0v) is 15.4. The third-order valence-electron chi connectivity index (χ3n) is 2.92. The summed E-state index contributed by atoms with van der Waals surface area (Å²) < 4.78 is 12.8. The molecule has 2 rings (SSSR count). The highest BCUT2D eigenvalue weighted by molar-refractivity contribution is 9.10. The fourth-order valence-electron chi connectivity index (χ4n) is 2.02. The Hall–Kier alpha value is -2.16. The van der Waals surface area contributed by atoms with Crippen LogP contribution >= 0.6 is 15.9 Å². The quantitative estimate of drug-likeness (QED) is 0.735. The lowest BCUT2D eigenvalue weighted by atomic mass is 10.2. The smallest absolute Gasteiger partial charge is 0.420 e. The van der Waals surface area contributed by atoms with Crippen LogP contribution in [0.3, 0.4) is 0 Å². The van der Waals surface area contributed by atoms with Crippen LogP contribution in [0.1, 0.15) is 27.7 Å². The van der Waals surface area contributed by atoms with E-state index in [-0.39, 0.29) is 24.2 Å². The van der Waals surface area contributed by atoms with Crippen LogP contribution < -0.4 is 5.56 Å². The Kier molecular flexibility index (Phi) is 5.12. The monoisotopic (exact) mass is 399 g/mol. The summed E-state index contributed by atoms with van der Waals surface area (Å²) in [5.41, 5.74) is -0.984. The van der Waals surface area contributed by atoms with E-state index in [1.165, 1.54) is 12.5 Å². The maximum absolute atomic E-state index is 12.5. The van der Waals surface area contributed by atoms with E-state index in [0.29, 0.717) is 4.47 Å². The molecule has 2 aromatic rings. The number of ether oxygens (including phenoxy) is 2. The first-order valence-electron chi connectivity index (χ1n) is 7.29. The molecule has 24 heavy (non-hydrogen) atoms. The first-order chi connectivity index (χ1) is 11.1. The molecule has 2 aromatic heterocycles. The third-order valence-corrected chi connectivity index (χ3v) is 3.52. The van der Waals surface area contributed by atoms with E-state index in [2.05, 4.69) is 20.9 Å². The van der Waals surface area contributed by atoms with E-state index >= 15 is 0 Å². The third kappa shape index (κ3) is 3.84. The second-order valence-electron chi connectivity index (χ2n) is 6.01. The van der Waals surface area contributed by atoms with Crippen LogP contribution in [-0.2, 0) is 20.8 Å². The molecule has 0 amide bonds. The van der Waals surface area contributed by atoms with E-state index in [1.54, 1.807) is 27.7 Å². The molecule has 0 saturated carbocycles. The SMILES string of the molecule is CCOC(=O)Cn1cnc2c(c(Br)cn2C(=O)OC(C)(C)C)c1=O. The number of carbonyl (C=O) groups excluding carboxylic acids is 2. The highest BCUT2D eigenvalue weighted by Crippen LogP contribution is 2.22. The number of esters is 1. The second-order valence-corrected chi connectivity index (χ2v) is 6.86. The molecule has 0 aromatic carbocycles. The van der Waals surface area contributed by atoms with Gasteiger partial charge in [-0.1, -0.05) is 0 Å². The average Bonchev–Trinajstić information content (AvgIpc) is 2.78. The minimum atomic E-state index is -0.681. The van der Waals surface area contributed by atoms with E-state index in [4.69, 9.17) is 9.47 Å². The van der Waals surface area contributed by atoms with Crippen LogP contribution in [-0.4, -0.2) is 38.4 Å². The highest BCUT2D eigenvalue weighted by atomic mass is 79.9. The number of carbonyl (C=O) groups is 2. The van der Waals surface area contributed by atoms with Gasteiger partial charge in [0.1, 0.15) is 18.5 Å². The molecule has 8 nitrogen and oxygen atoms in total. The normalized spacial score (nSPS) is 11.5. The van der Waals surface area contributed by atoms with Crippen molar-refractivity contribution in [2.45, 2.75) is 39.8 Å². The number of fused-ring (bicyclic) bond motifs is 1. The van der Waals surface area contributed by atoms with E-state index in [0.717, 1.165) is 9.13 Å². The van der Waals surface area contributed by atoms with Crippen molar-refractivity contribution >= 4 is 39.0 Å². The molecule has 0 atom stereocenters. The molecule has 0 aliphatic heterocycles. The summed E-state index contributed by atoms with van der Waals surface area (Å²) in [4.78, 5) is 40.4. The lowest BCUT2D eigenvalue weighted by molar-refractivity contribution is -0.143. The first kappa shape index (κ1) is 18.2. The minimum Gasteiger partial charge on any atom is -0.465 e. The van der Waals surface area contributed by atoms with Crippen LogP contribution in [0.15, 0.2) is 21.8 Å². The van der Waals surface area contributed by atoms with Crippen LogP contribution in [0, 0.1) is 0 Å². The topological polar surface area (TPSA) is 92.4 Å². The van der Waals surface area contributed by atoms with Crippen LogP contribution in [0.5, 0.6) is 0 Å². The minimum absolute atomic E-state index is 0.154. The maximum Gasteiger partial charge on any atom is 0.420 e. The van der Waals surface area contributed by atoms with Gasteiger partial charge >= 0.3 is 12.1 Å². The van der Waals surface area contributed by atoms with Gasteiger partial charge in [-0.05, 0) is 43.6 Å². The number of nitrogens with zero attached hydrogens (tertiary/aromatic N) is 3. The number of hydrogen-bond donors (Lipinski definition) is 0. The van der Waals surface area contributed by atoms with Gasteiger partial charge in [0, 0.05) is 6.20 Å². The second kappa shape index (κ2) is 6.76. The summed E-state index contributed by atoms with van der Waals surface area (Å²) in [5.74, 6) is -0.538. The molecule has 0 radical (unpaired) electrons. The van der Waals surface area contributed by atoms with Crippen molar-refractivity contribution < 1.29 is 19.1 Å². The lowest BCUT2D eigenvalue weighted by Crippen LogP contribution is -2.28. The molecule has 2 heterocycles. The summed E-state index contributed by atoms with van der Waals surface area (Å²) in [6.07, 6.45) is 1.98. The van der Waals surface area contributed by atoms with Crippen molar-refractivity contribution in [3.63, 3.8) is 0 Å². The molecule has 0 bridgehead atoms. The Bertz CT molecular complexity index is 847. The van der Waals surface area contributed by atoms with Gasteiger partial charge in [-0.15, -0.1) is 0 Å². The molecule has 0 aliphatic rings. The van der Waals surface area contributed by atoms with Gasteiger partial charge in [0.2, 0.25) is 0 Å². The van der Waals surface area contributed by atoms with Gasteiger partial charge in [-0.3, -0.25) is 14.2 Å². The van der Waals surface area contributed by atoms with Crippen LogP contribution in [0.2, 0.25) is 0 Å². The molecule has 0 aliphatic carbocycles. The number of hydrogen-bond acceptors (Lipinski definition) is 6. The van der Waals surface area contributed by atoms with Crippen molar-refractivity contribution in [2.75, 3.05) is 6.61 Å². The van der Waals surface area contributed by atoms with Gasteiger partial charge in [0.25, 0.3) is 5.56 Å². The largest absolute Gasteiger partial charge is 0.465 e. The van der Waals surface area contributed by atoms with Gasteiger partial charge in [-0.2, -0.15) is 0 Å². The number of halogens is 1. The predicted octanol–water partition coefficient (Wildman–Crippen LogP) is 2.31. The lowest BCUT2D eigenvalue weighted by Gasteiger charge is -2.19. The van der Waals surface area contributed by atoms with Crippen molar-refractivity contribution in [1.82, 2.24) is 14.1 Å². The van der Waals surface area contributed by atoms with Crippen molar-refractivity contribution in [3.05, 3.63) is 27.4 Å². The molecule has 0 unspecified atom stereocenters. The molecule has 0 spiro atoms. The summed E-state index contributed by atoms with van der Waals surface area (Å²) >= 11 is 3.25. The molecule has 9 heteroatoms. The van der Waals surface area contributed by atoms with Crippen LogP contribution in [0.4, 0.5) is 4.79 Å². The van der Waals surface area contributed by atoms with Gasteiger partial charge in [-0.25, -0.2) is 14.3 Å². The van der Waals surface area contributed by atoms with E-state index in [1.807, 2.05) is 0 Å². The Labute approximate surface area is 146 Å². The summed E-state index contributed by atoms with van der Waals surface area (Å²) in [6.45, 7) is 6.88. The Morgan fingerprint density at radius 1 is 1.33 bits per heavy atom. The average molecular weight is 400 g/mol. The van der Waals surface area contributed by atoms with Gasteiger partial charge in [0.15, 0.2) is 5.65 Å². The Morgan fingerprint density at radius 2 is 2.00 bits per heavy atom. The highest BCUT2D eigenvalue weighted by Gasteiger charge is 2.23. The van der Waals surface area contributed by atoms with Gasteiger partial charge < -0.3 is 9.47 Å². The standard InChI is InChI=1S/C15H18BrN3O5/c1-5-23-10(20)7-18-8-17-12-11(13(18)21)9(16)6-19(12)14(22)24-15(2,3)4/h6,8H,5,7H2,1-4H3. The molecule has 130 valence electrons. The molecular formula is C15H18BrN3O5. The zero-order chi connectivity index (χ0) is 18.1. The van der Waals surface area contributed by atoms with Gasteiger partial charge in [0.05, 0.1) is 16.5 Å². The van der Waals surface area contributed by atoms with Crippen molar-refractivity contribution in [1.29, 1.82) is 0 Å². The Balaban J connectivity index is 2.46. The number of aromatic nitrogens is 3. The summed E-state index contributed by atoms with van der Waals surface area (Å²) in [7, 11) is 0. The van der Waals surface area contributed by atoms with Crippen molar-refractivity contribution in [3.8, 4) is 0 Å². The summed E-state index contributed by atoms with van der Waals surface area (Å²) in [5, 5.41) is 0.188. The fourth-order valence-corrected chi connectivity index (χ4v) is 2.57. The molecule has 0 saturated heterocycles. The Morgan fingerprint density at radius 3 is 2.58 bits per heavy atom. The van der Waals surface area contributed by atoms with E-state index in [9.17, 15) is 14.4 Å².